The van der Waals surface area contributed by atoms with Gasteiger partial charge in [-0.15, -0.1) is 0 Å². The van der Waals surface area contributed by atoms with Gasteiger partial charge in [-0.2, -0.15) is 0 Å². The van der Waals surface area contributed by atoms with Crippen LogP contribution >= 0.6 is 0 Å². The Balaban J connectivity index is 1.58. The summed E-state index contributed by atoms with van der Waals surface area (Å²) in [6.07, 6.45) is 8.64. The van der Waals surface area contributed by atoms with E-state index in [0.29, 0.717) is 12.3 Å². The lowest BCUT2D eigenvalue weighted by molar-refractivity contribution is 0.200. The highest BCUT2D eigenvalue weighted by atomic mass is 15.5. The van der Waals surface area contributed by atoms with Crippen molar-refractivity contribution in [3.8, 4) is 0 Å². The van der Waals surface area contributed by atoms with Crippen LogP contribution in [0.15, 0.2) is 0 Å². The minimum Gasteiger partial charge on any atom is -0.301 e. The van der Waals surface area contributed by atoms with Gasteiger partial charge in [0.05, 0.1) is 12.3 Å². The number of piperidine rings is 2. The zero-order chi connectivity index (χ0) is 12.8. The van der Waals surface area contributed by atoms with Crippen LogP contribution in [0.1, 0.15) is 52.4 Å². The molecule has 2 saturated heterocycles. The van der Waals surface area contributed by atoms with Gasteiger partial charge in [0.15, 0.2) is 0 Å². The van der Waals surface area contributed by atoms with Crippen LogP contribution in [0.2, 0.25) is 0 Å². The highest BCUT2D eigenvalue weighted by molar-refractivity contribution is 4.78. The van der Waals surface area contributed by atoms with Gasteiger partial charge in [-0.05, 0) is 50.6 Å². The fraction of sp³-hybridized carbons (Fsp3) is 1.00. The van der Waals surface area contributed by atoms with E-state index in [1.807, 2.05) is 0 Å². The average molecular weight is 254 g/mol. The second-order valence-electron chi connectivity index (χ2n) is 5.91. The molecule has 2 aliphatic rings. The molecular formula is C14H30N4. The molecule has 4 unspecified atom stereocenters. The molecule has 4 N–H and O–H groups in total. The molecule has 106 valence electrons. The lowest BCUT2D eigenvalue weighted by Gasteiger charge is -2.34. The first-order chi connectivity index (χ1) is 8.81. The summed E-state index contributed by atoms with van der Waals surface area (Å²) in [5.41, 5.74) is 6.89. The summed E-state index contributed by atoms with van der Waals surface area (Å²) in [7, 11) is 0. The Hall–Kier alpha value is -0.160. The van der Waals surface area contributed by atoms with Crippen LogP contribution in [0.3, 0.4) is 0 Å². The average Bonchev–Trinajstić information content (AvgIpc) is 2.46. The van der Waals surface area contributed by atoms with Crippen molar-refractivity contribution >= 4 is 0 Å². The van der Waals surface area contributed by atoms with Crippen LogP contribution in [0.5, 0.6) is 0 Å². The summed E-state index contributed by atoms with van der Waals surface area (Å²) in [5.74, 6) is 1.75. The molecule has 0 aliphatic carbocycles. The zero-order valence-electron chi connectivity index (χ0n) is 12.0. The Morgan fingerprint density at radius 2 is 1.22 bits per heavy atom. The molecule has 0 aromatic heterocycles. The van der Waals surface area contributed by atoms with E-state index < -0.39 is 0 Å². The van der Waals surface area contributed by atoms with Gasteiger partial charge in [0.25, 0.3) is 0 Å². The molecule has 2 heterocycles. The molecule has 0 bridgehead atoms. The largest absolute Gasteiger partial charge is 0.301 e. The van der Waals surface area contributed by atoms with Gasteiger partial charge in [0, 0.05) is 0 Å². The summed E-state index contributed by atoms with van der Waals surface area (Å²) in [6, 6.07) is 0. The Kier molecular flexibility index (Phi) is 5.89. The van der Waals surface area contributed by atoms with Crippen molar-refractivity contribution in [2.75, 3.05) is 13.1 Å². The van der Waals surface area contributed by atoms with Gasteiger partial charge in [-0.3, -0.25) is 0 Å². The first-order valence-corrected chi connectivity index (χ1v) is 7.79. The molecule has 4 nitrogen and oxygen atoms in total. The highest BCUT2D eigenvalue weighted by Gasteiger charge is 2.22. The molecule has 0 radical (unpaired) electrons. The molecule has 18 heavy (non-hydrogen) atoms. The van der Waals surface area contributed by atoms with Crippen molar-refractivity contribution < 1.29 is 0 Å². The molecular weight excluding hydrogens is 224 g/mol. The lowest BCUT2D eigenvalue weighted by atomic mass is 9.95. The maximum Gasteiger partial charge on any atom is 0.0704 e. The third kappa shape index (κ3) is 4.19. The Labute approximate surface area is 112 Å². The fourth-order valence-corrected chi connectivity index (χ4v) is 2.98. The van der Waals surface area contributed by atoms with Crippen LogP contribution in [-0.2, 0) is 0 Å². The van der Waals surface area contributed by atoms with E-state index in [-0.39, 0.29) is 0 Å². The summed E-state index contributed by atoms with van der Waals surface area (Å²) in [5, 5.41) is 7.16. The van der Waals surface area contributed by atoms with Gasteiger partial charge in [-0.25, -0.2) is 10.9 Å². The van der Waals surface area contributed by atoms with Crippen LogP contribution in [0, 0.1) is 11.8 Å². The number of nitrogens with one attached hydrogen (secondary N) is 4. The minimum atomic E-state index is 0.443. The van der Waals surface area contributed by atoms with E-state index in [4.69, 9.17) is 0 Å². The lowest BCUT2D eigenvalue weighted by Crippen LogP contribution is -2.59. The SMILES string of the molecule is CCC1CCC(NNC2CCC(CC)CN2)NC1. The van der Waals surface area contributed by atoms with Gasteiger partial charge in [0.2, 0.25) is 0 Å². The van der Waals surface area contributed by atoms with Crippen LogP contribution in [0.25, 0.3) is 0 Å². The van der Waals surface area contributed by atoms with Crippen molar-refractivity contribution in [2.45, 2.75) is 64.7 Å². The smallest absolute Gasteiger partial charge is 0.0704 e. The number of rotatable bonds is 5. The van der Waals surface area contributed by atoms with Crippen molar-refractivity contribution in [3.63, 3.8) is 0 Å². The summed E-state index contributed by atoms with van der Waals surface area (Å²) in [6.45, 7) is 6.89. The van der Waals surface area contributed by atoms with Crippen LogP contribution in [0.4, 0.5) is 0 Å². The van der Waals surface area contributed by atoms with E-state index in [1.54, 1.807) is 0 Å². The normalized spacial score (nSPS) is 37.7. The van der Waals surface area contributed by atoms with E-state index >= 15 is 0 Å². The maximum absolute atomic E-state index is 3.58. The third-order valence-electron chi connectivity index (χ3n) is 4.62. The van der Waals surface area contributed by atoms with Crippen molar-refractivity contribution in [1.82, 2.24) is 21.5 Å². The van der Waals surface area contributed by atoms with Crippen molar-refractivity contribution in [1.29, 1.82) is 0 Å². The molecule has 2 rings (SSSR count). The molecule has 4 atom stereocenters. The highest BCUT2D eigenvalue weighted by Crippen LogP contribution is 2.17. The van der Waals surface area contributed by atoms with Crippen LogP contribution < -0.4 is 21.5 Å². The second kappa shape index (κ2) is 7.43. The minimum absolute atomic E-state index is 0.443. The quantitative estimate of drug-likeness (QED) is 0.562. The van der Waals surface area contributed by atoms with Crippen molar-refractivity contribution in [2.24, 2.45) is 11.8 Å². The van der Waals surface area contributed by atoms with Gasteiger partial charge >= 0.3 is 0 Å². The molecule has 0 saturated carbocycles. The predicted octanol–water partition coefficient (Wildman–Crippen LogP) is 1.55. The van der Waals surface area contributed by atoms with Gasteiger partial charge in [-0.1, -0.05) is 26.7 Å². The van der Waals surface area contributed by atoms with E-state index in [1.165, 1.54) is 38.5 Å². The molecule has 4 heteroatoms. The summed E-state index contributed by atoms with van der Waals surface area (Å²) >= 11 is 0. The third-order valence-corrected chi connectivity index (χ3v) is 4.62. The number of hydrogen-bond donors (Lipinski definition) is 4. The zero-order valence-corrected chi connectivity index (χ0v) is 12.0. The first kappa shape index (κ1) is 14.3. The van der Waals surface area contributed by atoms with Crippen LogP contribution in [-0.4, -0.2) is 25.4 Å². The standard InChI is InChI=1S/C14H30N4/c1-3-11-5-7-13(15-9-11)17-18-14-8-6-12(4-2)10-16-14/h11-18H,3-10H2,1-2H3. The van der Waals surface area contributed by atoms with Gasteiger partial charge < -0.3 is 10.6 Å². The Morgan fingerprint density at radius 1 is 0.778 bits per heavy atom. The van der Waals surface area contributed by atoms with E-state index in [2.05, 4.69) is 35.3 Å². The molecule has 2 aliphatic heterocycles. The molecule has 0 aromatic carbocycles. The maximum atomic E-state index is 3.58. The number of hydrogen-bond acceptors (Lipinski definition) is 4. The monoisotopic (exact) mass is 254 g/mol. The first-order valence-electron chi connectivity index (χ1n) is 7.79. The second-order valence-corrected chi connectivity index (χ2v) is 5.91. The topological polar surface area (TPSA) is 48.1 Å². The fourth-order valence-electron chi connectivity index (χ4n) is 2.98. The van der Waals surface area contributed by atoms with Gasteiger partial charge in [0.1, 0.15) is 0 Å². The summed E-state index contributed by atoms with van der Waals surface area (Å²) < 4.78 is 0. The predicted molar refractivity (Wildman–Crippen MR) is 75.9 cm³/mol. The molecule has 0 spiro atoms. The Bertz CT molecular complexity index is 194. The van der Waals surface area contributed by atoms with E-state index in [9.17, 15) is 0 Å². The van der Waals surface area contributed by atoms with Crippen molar-refractivity contribution in [3.05, 3.63) is 0 Å². The molecule has 0 amide bonds. The number of hydrazine groups is 1. The molecule has 2 fully saturated rings. The summed E-state index contributed by atoms with van der Waals surface area (Å²) in [4.78, 5) is 0. The molecule has 0 aromatic rings. The Morgan fingerprint density at radius 3 is 1.50 bits per heavy atom. The van der Waals surface area contributed by atoms with E-state index in [0.717, 1.165) is 24.9 Å².